The number of nitrogens with zero attached hydrogens (tertiary/aromatic N) is 3. The van der Waals surface area contributed by atoms with Crippen LogP contribution >= 0.6 is 22.9 Å². The molecule has 0 saturated carbocycles. The van der Waals surface area contributed by atoms with Gasteiger partial charge in [0.05, 0.1) is 22.3 Å². The van der Waals surface area contributed by atoms with Gasteiger partial charge in [0.2, 0.25) is 0 Å². The number of fused-ring (bicyclic) bond motifs is 2. The van der Waals surface area contributed by atoms with E-state index in [1.807, 2.05) is 37.3 Å². The number of halogens is 1. The highest BCUT2D eigenvalue weighted by molar-refractivity contribution is 7.22. The van der Waals surface area contributed by atoms with E-state index in [1.165, 1.54) is 11.3 Å². The molecule has 0 radical (unpaired) electrons. The van der Waals surface area contributed by atoms with Crippen molar-refractivity contribution in [2.75, 3.05) is 11.9 Å². The van der Waals surface area contributed by atoms with E-state index in [1.54, 1.807) is 30.6 Å². The van der Waals surface area contributed by atoms with Gasteiger partial charge in [-0.15, -0.1) is 11.3 Å². The molecule has 0 aliphatic carbocycles. The summed E-state index contributed by atoms with van der Waals surface area (Å²) in [6.07, 6.45) is 3.25. The summed E-state index contributed by atoms with van der Waals surface area (Å²) in [6.45, 7) is 1.85. The number of ether oxygens (including phenoxy) is 1. The lowest BCUT2D eigenvalue weighted by atomic mass is 9.93. The van der Waals surface area contributed by atoms with Crippen LogP contribution in [0.25, 0.3) is 43.2 Å². The van der Waals surface area contributed by atoms with Crippen molar-refractivity contribution >= 4 is 50.8 Å². The lowest BCUT2D eigenvalue weighted by molar-refractivity contribution is -0.136. The van der Waals surface area contributed by atoms with Crippen LogP contribution in [0.2, 0.25) is 5.02 Å². The zero-order chi connectivity index (χ0) is 26.4. The molecule has 38 heavy (non-hydrogen) atoms. The van der Waals surface area contributed by atoms with Gasteiger partial charge in [-0.1, -0.05) is 23.7 Å². The predicted molar refractivity (Wildman–Crippen MR) is 147 cm³/mol. The van der Waals surface area contributed by atoms with Gasteiger partial charge in [0, 0.05) is 34.1 Å². The number of benzene rings is 2. The van der Waals surface area contributed by atoms with Crippen molar-refractivity contribution in [1.29, 1.82) is 0 Å². The second kappa shape index (κ2) is 9.51. The van der Waals surface area contributed by atoms with E-state index in [2.05, 4.69) is 15.3 Å². The van der Waals surface area contributed by atoms with Gasteiger partial charge in [-0.05, 0) is 60.0 Å². The summed E-state index contributed by atoms with van der Waals surface area (Å²) in [6, 6.07) is 15.0. The van der Waals surface area contributed by atoms with Gasteiger partial charge in [-0.25, -0.2) is 9.97 Å². The molecule has 10 heteroatoms. The molecule has 4 heterocycles. The fraction of sp³-hybridized carbons (Fsp3) is 0.107. The predicted octanol–water partition coefficient (Wildman–Crippen LogP) is 6.01. The molecular formula is C28H19ClN4O4S. The number of anilines is 1. The molecule has 188 valence electrons. The van der Waals surface area contributed by atoms with Gasteiger partial charge in [-0.2, -0.15) is 0 Å². The summed E-state index contributed by atoms with van der Waals surface area (Å²) in [5, 5.41) is 13.7. The Labute approximate surface area is 225 Å². The van der Waals surface area contributed by atoms with Crippen molar-refractivity contribution < 1.29 is 19.4 Å². The third-order valence-electron chi connectivity index (χ3n) is 6.24. The van der Waals surface area contributed by atoms with E-state index in [0.717, 1.165) is 48.6 Å². The second-order valence-electron chi connectivity index (χ2n) is 8.83. The fourth-order valence-corrected chi connectivity index (χ4v) is 5.74. The summed E-state index contributed by atoms with van der Waals surface area (Å²) in [7, 11) is 0. The number of aryl methyl sites for hydroxylation is 1. The van der Waals surface area contributed by atoms with Crippen molar-refractivity contribution in [1.82, 2.24) is 15.0 Å². The van der Waals surface area contributed by atoms with Crippen LogP contribution in [-0.4, -0.2) is 38.5 Å². The lowest BCUT2D eigenvalue weighted by Gasteiger charge is -2.17. The summed E-state index contributed by atoms with van der Waals surface area (Å²) in [5.41, 5.74) is 6.44. The summed E-state index contributed by atoms with van der Waals surface area (Å²) in [5.74, 6) is -0.264. The highest BCUT2D eigenvalue weighted by Crippen LogP contribution is 2.41. The number of thiazole rings is 1. The maximum Gasteiger partial charge on any atom is 0.307 e. The molecule has 1 aliphatic rings. The zero-order valence-electron chi connectivity index (χ0n) is 20.0. The van der Waals surface area contributed by atoms with Crippen molar-refractivity contribution in [2.24, 2.45) is 0 Å². The number of carboxylic acids is 1. The van der Waals surface area contributed by atoms with Crippen LogP contribution in [0.4, 0.5) is 5.82 Å². The minimum Gasteiger partial charge on any atom is -0.481 e. The smallest absolute Gasteiger partial charge is 0.307 e. The molecule has 2 aromatic carbocycles. The number of nitrogens with one attached hydrogen (secondary N) is 1. The normalized spacial score (nSPS) is 12.6. The van der Waals surface area contributed by atoms with Crippen LogP contribution in [-0.2, 0) is 16.0 Å². The molecule has 8 nitrogen and oxygen atoms in total. The Morgan fingerprint density at radius 3 is 2.71 bits per heavy atom. The monoisotopic (exact) mass is 542 g/mol. The first-order valence-electron chi connectivity index (χ1n) is 11.7. The maximum atomic E-state index is 11.7. The summed E-state index contributed by atoms with van der Waals surface area (Å²) < 4.78 is 6.41. The van der Waals surface area contributed by atoms with Crippen molar-refractivity contribution in [2.45, 2.75) is 13.3 Å². The van der Waals surface area contributed by atoms with Crippen LogP contribution in [0, 0.1) is 6.92 Å². The van der Waals surface area contributed by atoms with Crippen LogP contribution in [0.5, 0.6) is 5.75 Å². The molecule has 3 aromatic heterocycles. The van der Waals surface area contributed by atoms with Crippen LogP contribution in [0.3, 0.4) is 0 Å². The summed E-state index contributed by atoms with van der Waals surface area (Å²) in [4.78, 5) is 37.0. The first-order chi connectivity index (χ1) is 18.4. The van der Waals surface area contributed by atoms with Gasteiger partial charge < -0.3 is 15.2 Å². The van der Waals surface area contributed by atoms with Gasteiger partial charge >= 0.3 is 5.97 Å². The molecule has 0 saturated heterocycles. The molecule has 2 N–H and O–H groups in total. The first-order valence-corrected chi connectivity index (χ1v) is 12.9. The zero-order valence-corrected chi connectivity index (χ0v) is 21.6. The SMILES string of the molecule is Cc1cc2nc(-c3ccnc(-c4cnc5c(c4)OCC(=O)N5)c3)sc2c(-c2ccc(Cl)cc2)c1CC(=O)O. The maximum absolute atomic E-state index is 11.7. The third kappa shape index (κ3) is 4.46. The Bertz CT molecular complexity index is 1750. The number of aliphatic carboxylic acids is 1. The minimum absolute atomic E-state index is 0.0590. The molecular weight excluding hydrogens is 524 g/mol. The van der Waals surface area contributed by atoms with E-state index < -0.39 is 5.97 Å². The van der Waals surface area contributed by atoms with E-state index in [0.29, 0.717) is 22.3 Å². The second-order valence-corrected chi connectivity index (χ2v) is 10.3. The Morgan fingerprint density at radius 1 is 1.11 bits per heavy atom. The van der Waals surface area contributed by atoms with E-state index >= 15 is 0 Å². The quantitative estimate of drug-likeness (QED) is 0.279. The third-order valence-corrected chi connectivity index (χ3v) is 7.63. The largest absolute Gasteiger partial charge is 0.481 e. The number of pyridine rings is 2. The number of carbonyl (C=O) groups excluding carboxylic acids is 1. The number of carboxylic acid groups (broad SMARTS) is 1. The number of amides is 1. The van der Waals surface area contributed by atoms with E-state index in [4.69, 9.17) is 21.3 Å². The van der Waals surface area contributed by atoms with Crippen molar-refractivity contribution in [3.05, 3.63) is 77.1 Å². The van der Waals surface area contributed by atoms with E-state index in [-0.39, 0.29) is 18.9 Å². The van der Waals surface area contributed by atoms with Crippen LogP contribution in [0.15, 0.2) is 60.9 Å². The highest BCUT2D eigenvalue weighted by atomic mass is 35.5. The Kier molecular flexibility index (Phi) is 6.01. The Hall–Kier alpha value is -4.34. The van der Waals surface area contributed by atoms with Crippen LogP contribution in [0.1, 0.15) is 11.1 Å². The highest BCUT2D eigenvalue weighted by Gasteiger charge is 2.21. The van der Waals surface area contributed by atoms with E-state index in [9.17, 15) is 14.7 Å². The Balaban J connectivity index is 1.46. The molecule has 5 aromatic rings. The molecule has 6 rings (SSSR count). The Morgan fingerprint density at radius 2 is 1.92 bits per heavy atom. The molecule has 1 aliphatic heterocycles. The van der Waals surface area contributed by atoms with Crippen molar-refractivity contribution in [3.8, 4) is 38.7 Å². The molecule has 0 spiro atoms. The molecule has 0 bridgehead atoms. The van der Waals surface area contributed by atoms with Crippen molar-refractivity contribution in [3.63, 3.8) is 0 Å². The standard InChI is InChI=1S/C28H19ClN4O4S/c1-14-8-21-26(25(19(14)11-24(35)36)15-2-4-18(29)5-3-15)38-28(32-21)16-6-7-30-20(9-16)17-10-22-27(31-12-17)33-23(34)13-37-22/h2-10,12H,11,13H2,1H3,(H,35,36)(H,31,33,34). The fourth-order valence-electron chi connectivity index (χ4n) is 4.48. The topological polar surface area (TPSA) is 114 Å². The molecule has 0 atom stereocenters. The number of hydrogen-bond acceptors (Lipinski definition) is 7. The van der Waals surface area contributed by atoms with Gasteiger partial charge in [0.15, 0.2) is 18.2 Å². The lowest BCUT2D eigenvalue weighted by Crippen LogP contribution is -2.26. The first kappa shape index (κ1) is 24.0. The minimum atomic E-state index is -0.895. The number of rotatable bonds is 5. The van der Waals surface area contributed by atoms with Gasteiger partial charge in [0.25, 0.3) is 5.91 Å². The number of hydrogen-bond donors (Lipinski definition) is 2. The number of aromatic nitrogens is 3. The average molecular weight is 543 g/mol. The molecule has 0 fully saturated rings. The summed E-state index contributed by atoms with van der Waals surface area (Å²) >= 11 is 7.63. The molecule has 0 unspecified atom stereocenters. The molecule has 1 amide bonds. The average Bonchev–Trinajstić information content (AvgIpc) is 3.33. The number of carbonyl (C=O) groups is 2. The van der Waals surface area contributed by atoms with Crippen LogP contribution < -0.4 is 10.1 Å². The van der Waals surface area contributed by atoms with Gasteiger partial charge in [-0.3, -0.25) is 14.6 Å². The van der Waals surface area contributed by atoms with Gasteiger partial charge in [0.1, 0.15) is 5.01 Å².